The van der Waals surface area contributed by atoms with Crippen molar-refractivity contribution < 1.29 is 9.90 Å². The number of aromatic carboxylic acids is 1. The zero-order valence-electron chi connectivity index (χ0n) is 14.6. The van der Waals surface area contributed by atoms with Gasteiger partial charge in [-0.2, -0.15) is 0 Å². The average Bonchev–Trinajstić information content (AvgIpc) is 3.44. The summed E-state index contributed by atoms with van der Waals surface area (Å²) in [6, 6.07) is 1.52. The summed E-state index contributed by atoms with van der Waals surface area (Å²) in [5.74, 6) is 2.84. The van der Waals surface area contributed by atoms with E-state index in [-0.39, 0.29) is 5.56 Å². The number of rotatable bonds is 6. The normalized spacial score (nSPS) is 21.0. The molecule has 1 fully saturated rings. The first-order chi connectivity index (χ1) is 12.1. The Balaban J connectivity index is 1.78. The lowest BCUT2D eigenvalue weighted by molar-refractivity contribution is 0.0698. The van der Waals surface area contributed by atoms with Crippen LogP contribution in [0.4, 0.5) is 5.69 Å². The Labute approximate surface area is 149 Å². The number of anilines is 1. The molecule has 2 aliphatic rings. The molecule has 1 heterocycles. The minimum absolute atomic E-state index is 0.255. The maximum Gasteiger partial charge on any atom is 0.337 e. The first-order valence-electron chi connectivity index (χ1n) is 8.89. The van der Waals surface area contributed by atoms with Gasteiger partial charge in [-0.25, -0.2) is 4.79 Å². The molecule has 0 spiro atoms. The first-order valence-corrected chi connectivity index (χ1v) is 8.89. The first kappa shape index (κ1) is 17.3. The molecule has 0 radical (unpaired) electrons. The van der Waals surface area contributed by atoms with Crippen molar-refractivity contribution in [2.75, 3.05) is 11.9 Å². The van der Waals surface area contributed by atoms with Crippen molar-refractivity contribution >= 4 is 11.7 Å². The number of carbonyl (C=O) groups is 1. The molecular weight excluding hydrogens is 312 g/mol. The summed E-state index contributed by atoms with van der Waals surface area (Å²) in [6.07, 6.45) is 16.8. The standard InChI is InChI=1S/C21H24N2O2/c1-3-15(16-7-8-16)11-19-14(2)5-4-6-17(19)12-23-20-13-22-10-9-18(20)21(24)25/h1,9-11,13,16-17,23H,4-8,12H2,2H3,(H,24,25)/b15-11+. The summed E-state index contributed by atoms with van der Waals surface area (Å²) in [4.78, 5) is 15.4. The van der Waals surface area contributed by atoms with E-state index in [1.54, 1.807) is 6.20 Å². The van der Waals surface area contributed by atoms with Gasteiger partial charge in [0.25, 0.3) is 0 Å². The highest BCUT2D eigenvalue weighted by atomic mass is 16.4. The minimum atomic E-state index is -0.941. The van der Waals surface area contributed by atoms with Gasteiger partial charge in [-0.05, 0) is 62.7 Å². The number of pyridine rings is 1. The lowest BCUT2D eigenvalue weighted by atomic mass is 9.82. The average molecular weight is 336 g/mol. The van der Waals surface area contributed by atoms with E-state index < -0.39 is 5.97 Å². The van der Waals surface area contributed by atoms with Gasteiger partial charge in [-0.15, -0.1) is 6.42 Å². The summed E-state index contributed by atoms with van der Waals surface area (Å²) in [6.45, 7) is 2.88. The van der Waals surface area contributed by atoms with Crippen LogP contribution in [0.5, 0.6) is 0 Å². The number of hydrogen-bond acceptors (Lipinski definition) is 3. The van der Waals surface area contributed by atoms with E-state index in [0.29, 0.717) is 24.1 Å². The van der Waals surface area contributed by atoms with Gasteiger partial charge in [0.1, 0.15) is 0 Å². The molecule has 0 saturated heterocycles. The summed E-state index contributed by atoms with van der Waals surface area (Å²) in [7, 11) is 0. The zero-order chi connectivity index (χ0) is 17.8. The molecular formula is C21H24N2O2. The Kier molecular flexibility index (Phi) is 5.23. The van der Waals surface area contributed by atoms with Crippen LogP contribution in [-0.4, -0.2) is 22.6 Å². The molecule has 130 valence electrons. The molecule has 2 N–H and O–H groups in total. The van der Waals surface area contributed by atoms with Gasteiger partial charge in [-0.3, -0.25) is 4.98 Å². The number of carboxylic acids is 1. The third-order valence-corrected chi connectivity index (χ3v) is 5.12. The second-order valence-electron chi connectivity index (χ2n) is 6.95. The van der Waals surface area contributed by atoms with Crippen molar-refractivity contribution in [3.05, 3.63) is 46.8 Å². The molecule has 4 heteroatoms. The molecule has 3 rings (SSSR count). The van der Waals surface area contributed by atoms with E-state index in [4.69, 9.17) is 6.42 Å². The fourth-order valence-corrected chi connectivity index (χ4v) is 3.51. The zero-order valence-corrected chi connectivity index (χ0v) is 14.6. The monoisotopic (exact) mass is 336 g/mol. The number of nitrogens with one attached hydrogen (secondary N) is 1. The van der Waals surface area contributed by atoms with E-state index in [0.717, 1.165) is 24.8 Å². The summed E-state index contributed by atoms with van der Waals surface area (Å²) in [5, 5.41) is 12.6. The number of hydrogen-bond donors (Lipinski definition) is 2. The molecule has 0 amide bonds. The van der Waals surface area contributed by atoms with Crippen molar-refractivity contribution in [3.63, 3.8) is 0 Å². The highest BCUT2D eigenvalue weighted by molar-refractivity contribution is 5.93. The van der Waals surface area contributed by atoms with Crippen molar-refractivity contribution in [1.29, 1.82) is 0 Å². The second kappa shape index (κ2) is 7.57. The van der Waals surface area contributed by atoms with Crippen molar-refractivity contribution in [2.24, 2.45) is 11.8 Å². The molecule has 1 aromatic rings. The van der Waals surface area contributed by atoms with Crippen LogP contribution in [-0.2, 0) is 0 Å². The number of allylic oxidation sites excluding steroid dienone is 3. The third kappa shape index (κ3) is 4.11. The van der Waals surface area contributed by atoms with Crippen LogP contribution in [0.3, 0.4) is 0 Å². The van der Waals surface area contributed by atoms with Crippen LogP contribution in [0, 0.1) is 24.2 Å². The maximum atomic E-state index is 11.3. The predicted octanol–water partition coefficient (Wildman–Crippen LogP) is 4.28. The smallest absolute Gasteiger partial charge is 0.337 e. The van der Waals surface area contributed by atoms with E-state index in [1.165, 1.54) is 36.3 Å². The summed E-state index contributed by atoms with van der Waals surface area (Å²) < 4.78 is 0. The fourth-order valence-electron chi connectivity index (χ4n) is 3.51. The van der Waals surface area contributed by atoms with Gasteiger partial charge in [0.2, 0.25) is 0 Å². The Morgan fingerprint density at radius 2 is 2.28 bits per heavy atom. The number of carboxylic acid groups (broad SMARTS) is 1. The van der Waals surface area contributed by atoms with Crippen LogP contribution >= 0.6 is 0 Å². The van der Waals surface area contributed by atoms with Crippen molar-refractivity contribution in [2.45, 2.75) is 39.0 Å². The van der Waals surface area contributed by atoms with Crippen LogP contribution in [0.1, 0.15) is 49.4 Å². The van der Waals surface area contributed by atoms with Crippen LogP contribution in [0.15, 0.2) is 41.3 Å². The van der Waals surface area contributed by atoms with Gasteiger partial charge in [0.05, 0.1) is 17.4 Å². The Hall–Kier alpha value is -2.54. The topological polar surface area (TPSA) is 62.2 Å². The van der Waals surface area contributed by atoms with Gasteiger partial charge in [0.15, 0.2) is 0 Å². The molecule has 0 aliphatic heterocycles. The van der Waals surface area contributed by atoms with E-state index in [1.807, 2.05) is 0 Å². The predicted molar refractivity (Wildman–Crippen MR) is 99.4 cm³/mol. The van der Waals surface area contributed by atoms with Crippen LogP contribution < -0.4 is 5.32 Å². The number of terminal acetylenes is 1. The largest absolute Gasteiger partial charge is 0.478 e. The quantitative estimate of drug-likeness (QED) is 0.761. The van der Waals surface area contributed by atoms with Crippen molar-refractivity contribution in [3.8, 4) is 12.3 Å². The van der Waals surface area contributed by atoms with Crippen LogP contribution in [0.2, 0.25) is 0 Å². The maximum absolute atomic E-state index is 11.3. The molecule has 1 unspecified atom stereocenters. The summed E-state index contributed by atoms with van der Waals surface area (Å²) >= 11 is 0. The number of nitrogens with zero attached hydrogens (tertiary/aromatic N) is 1. The fraction of sp³-hybridized carbons (Fsp3) is 0.429. The molecule has 0 aromatic carbocycles. The Morgan fingerprint density at radius 3 is 2.96 bits per heavy atom. The highest BCUT2D eigenvalue weighted by Crippen LogP contribution is 2.39. The number of aromatic nitrogens is 1. The van der Waals surface area contributed by atoms with Gasteiger partial charge >= 0.3 is 5.97 Å². The molecule has 0 bridgehead atoms. The molecule has 1 saturated carbocycles. The third-order valence-electron chi connectivity index (χ3n) is 5.12. The van der Waals surface area contributed by atoms with E-state index >= 15 is 0 Å². The Bertz CT molecular complexity index is 766. The Morgan fingerprint density at radius 1 is 1.48 bits per heavy atom. The van der Waals surface area contributed by atoms with Crippen LogP contribution in [0.25, 0.3) is 0 Å². The molecule has 4 nitrogen and oxygen atoms in total. The van der Waals surface area contributed by atoms with Gasteiger partial charge < -0.3 is 10.4 Å². The van der Waals surface area contributed by atoms with Crippen molar-refractivity contribution in [1.82, 2.24) is 4.98 Å². The second-order valence-corrected chi connectivity index (χ2v) is 6.95. The van der Waals surface area contributed by atoms with Gasteiger partial charge in [0, 0.05) is 24.2 Å². The highest BCUT2D eigenvalue weighted by Gasteiger charge is 2.27. The SMILES string of the molecule is C#C/C(=C\C1=C(C)CCCC1CNc1cnccc1C(=O)O)C1CC1. The summed E-state index contributed by atoms with van der Waals surface area (Å²) in [5.41, 5.74) is 4.68. The molecule has 25 heavy (non-hydrogen) atoms. The van der Waals surface area contributed by atoms with Gasteiger partial charge in [-0.1, -0.05) is 11.5 Å². The van der Waals surface area contributed by atoms with E-state index in [9.17, 15) is 9.90 Å². The lowest BCUT2D eigenvalue weighted by Crippen LogP contribution is -2.21. The minimum Gasteiger partial charge on any atom is -0.478 e. The molecule has 1 aromatic heterocycles. The van der Waals surface area contributed by atoms with E-state index in [2.05, 4.69) is 29.2 Å². The lowest BCUT2D eigenvalue weighted by Gasteiger charge is -2.27. The molecule has 1 atom stereocenters. The molecule has 2 aliphatic carbocycles.